The topological polar surface area (TPSA) is 127 Å². The third-order valence-electron chi connectivity index (χ3n) is 5.89. The molecule has 0 aliphatic rings. The third-order valence-corrected chi connectivity index (χ3v) is 5.89. The van der Waals surface area contributed by atoms with E-state index in [0.717, 1.165) is 38.5 Å². The molecule has 0 unspecified atom stereocenters. The number of unbranched alkanes of at least 4 members (excludes halogenated alkanes) is 9. The van der Waals surface area contributed by atoms with E-state index in [1.807, 2.05) is 27.7 Å². The molecule has 6 N–H and O–H groups in total. The number of hydrogen-bond acceptors (Lipinski definition) is 4. The van der Waals surface area contributed by atoms with Crippen LogP contribution in [0.25, 0.3) is 0 Å². The summed E-state index contributed by atoms with van der Waals surface area (Å²) < 4.78 is 0. The molecule has 30 heavy (non-hydrogen) atoms. The molecule has 0 heterocycles. The maximum absolute atomic E-state index is 11.4. The van der Waals surface area contributed by atoms with Gasteiger partial charge in [-0.3, -0.25) is 9.59 Å². The Labute approximate surface area is 184 Å². The lowest BCUT2D eigenvalue weighted by Gasteiger charge is -2.26. The van der Waals surface area contributed by atoms with Crippen LogP contribution in [0.5, 0.6) is 0 Å². The third kappa shape index (κ3) is 12.5. The standard InChI is InChI=1S/C24H48N2O4/c1-19(2)17-23(25,21(27)28)15-13-11-9-7-5-6-8-10-12-14-16-24(26,22(29)30)18-20(3)4/h19-20H,5-18,25-26H2,1-4H3,(H,27,28)(H,29,30)/t23-,24-/m0/s1. The zero-order chi connectivity index (χ0) is 23.2. The van der Waals surface area contributed by atoms with Crippen molar-refractivity contribution in [1.29, 1.82) is 0 Å². The summed E-state index contributed by atoms with van der Waals surface area (Å²) in [5, 5.41) is 18.8. The molecule has 0 aromatic rings. The van der Waals surface area contributed by atoms with E-state index in [9.17, 15) is 19.8 Å². The first-order chi connectivity index (χ1) is 13.9. The lowest BCUT2D eigenvalue weighted by Crippen LogP contribution is -2.48. The molecule has 0 rings (SSSR count). The number of hydrogen-bond donors (Lipinski definition) is 4. The van der Waals surface area contributed by atoms with Gasteiger partial charge in [0.25, 0.3) is 0 Å². The van der Waals surface area contributed by atoms with Crippen molar-refractivity contribution in [3.63, 3.8) is 0 Å². The van der Waals surface area contributed by atoms with Gasteiger partial charge >= 0.3 is 11.9 Å². The van der Waals surface area contributed by atoms with Crippen LogP contribution in [-0.4, -0.2) is 33.2 Å². The van der Waals surface area contributed by atoms with Crippen molar-refractivity contribution in [2.24, 2.45) is 23.3 Å². The van der Waals surface area contributed by atoms with E-state index in [1.165, 1.54) is 25.7 Å². The second-order valence-electron chi connectivity index (χ2n) is 10.2. The zero-order valence-corrected chi connectivity index (χ0v) is 19.9. The zero-order valence-electron chi connectivity index (χ0n) is 19.9. The van der Waals surface area contributed by atoms with Crippen molar-refractivity contribution >= 4 is 11.9 Å². The van der Waals surface area contributed by atoms with E-state index in [1.54, 1.807) is 0 Å². The second kappa shape index (κ2) is 14.8. The van der Waals surface area contributed by atoms with E-state index >= 15 is 0 Å². The van der Waals surface area contributed by atoms with Gasteiger partial charge in [-0.15, -0.1) is 0 Å². The van der Waals surface area contributed by atoms with E-state index in [4.69, 9.17) is 11.5 Å². The maximum atomic E-state index is 11.4. The summed E-state index contributed by atoms with van der Waals surface area (Å²) in [5.74, 6) is -1.19. The normalized spacial score (nSPS) is 15.9. The fraction of sp³-hybridized carbons (Fsp3) is 0.917. The first-order valence-electron chi connectivity index (χ1n) is 12.0. The molecule has 0 bridgehead atoms. The Morgan fingerprint density at radius 2 is 0.833 bits per heavy atom. The van der Waals surface area contributed by atoms with Gasteiger partial charge in [0, 0.05) is 0 Å². The molecule has 0 radical (unpaired) electrons. The van der Waals surface area contributed by atoms with Crippen LogP contribution < -0.4 is 11.5 Å². The highest BCUT2D eigenvalue weighted by atomic mass is 16.4. The quantitative estimate of drug-likeness (QED) is 0.206. The van der Waals surface area contributed by atoms with Crippen LogP contribution in [0, 0.1) is 11.8 Å². The van der Waals surface area contributed by atoms with E-state index < -0.39 is 23.0 Å². The molecule has 0 spiro atoms. The number of carbonyl (C=O) groups is 2. The Morgan fingerprint density at radius 3 is 1.03 bits per heavy atom. The monoisotopic (exact) mass is 428 g/mol. The number of nitrogens with two attached hydrogens (primary N) is 2. The number of aliphatic carboxylic acids is 2. The van der Waals surface area contributed by atoms with Crippen LogP contribution >= 0.6 is 0 Å². The number of carboxylic acid groups (broad SMARTS) is 2. The predicted octanol–water partition coefficient (Wildman–Crippen LogP) is 5.32. The van der Waals surface area contributed by atoms with E-state index in [-0.39, 0.29) is 11.8 Å². The van der Waals surface area contributed by atoms with Gasteiger partial charge in [-0.25, -0.2) is 0 Å². The first kappa shape index (κ1) is 28.9. The molecule has 0 aromatic heterocycles. The Bertz CT molecular complexity index is 452. The molecule has 178 valence electrons. The Balaban J connectivity index is 3.75. The highest BCUT2D eigenvalue weighted by Gasteiger charge is 2.34. The first-order valence-corrected chi connectivity index (χ1v) is 12.0. The molecule has 0 saturated heterocycles. The molecule has 6 nitrogen and oxygen atoms in total. The van der Waals surface area contributed by atoms with Crippen molar-refractivity contribution in [3.05, 3.63) is 0 Å². The highest BCUT2D eigenvalue weighted by Crippen LogP contribution is 2.23. The van der Waals surface area contributed by atoms with Gasteiger partial charge in [-0.2, -0.15) is 0 Å². The Hall–Kier alpha value is -1.14. The molecule has 2 atom stereocenters. The van der Waals surface area contributed by atoms with Crippen molar-refractivity contribution in [2.75, 3.05) is 0 Å². The van der Waals surface area contributed by atoms with Crippen LogP contribution in [0.15, 0.2) is 0 Å². The average molecular weight is 429 g/mol. The van der Waals surface area contributed by atoms with Crippen LogP contribution in [0.2, 0.25) is 0 Å². The highest BCUT2D eigenvalue weighted by molar-refractivity contribution is 5.78. The molecule has 6 heteroatoms. The SMILES string of the molecule is CC(C)C[C@@](N)(CCCCCCCCCCCC[C@](N)(CC(C)C)C(=O)O)C(=O)O. The van der Waals surface area contributed by atoms with Crippen molar-refractivity contribution in [3.8, 4) is 0 Å². The Kier molecular flexibility index (Phi) is 14.2. The summed E-state index contributed by atoms with van der Waals surface area (Å²) in [6, 6.07) is 0. The molecule has 0 fully saturated rings. The fourth-order valence-corrected chi connectivity index (χ4v) is 4.34. The molecule has 0 aliphatic carbocycles. The average Bonchev–Trinajstić information content (AvgIpc) is 2.61. The summed E-state index contributed by atoms with van der Waals surface area (Å²) >= 11 is 0. The van der Waals surface area contributed by atoms with Crippen LogP contribution in [0.4, 0.5) is 0 Å². The smallest absolute Gasteiger partial charge is 0.323 e. The summed E-state index contributed by atoms with van der Waals surface area (Å²) in [4.78, 5) is 22.9. The van der Waals surface area contributed by atoms with E-state index in [0.29, 0.717) is 25.7 Å². The van der Waals surface area contributed by atoms with E-state index in [2.05, 4.69) is 0 Å². The number of rotatable bonds is 19. The van der Waals surface area contributed by atoms with Crippen LogP contribution in [0.3, 0.4) is 0 Å². The van der Waals surface area contributed by atoms with Gasteiger partial charge in [-0.05, 0) is 37.5 Å². The van der Waals surface area contributed by atoms with Crippen molar-refractivity contribution in [2.45, 2.75) is 129 Å². The summed E-state index contributed by atoms with van der Waals surface area (Å²) in [7, 11) is 0. The van der Waals surface area contributed by atoms with Gasteiger partial charge in [0.2, 0.25) is 0 Å². The van der Waals surface area contributed by atoms with Gasteiger partial charge < -0.3 is 21.7 Å². The minimum Gasteiger partial charge on any atom is -0.480 e. The van der Waals surface area contributed by atoms with Crippen molar-refractivity contribution in [1.82, 2.24) is 0 Å². The summed E-state index contributed by atoms with van der Waals surface area (Å²) in [5.41, 5.74) is 10.0. The van der Waals surface area contributed by atoms with Gasteiger partial charge in [0.15, 0.2) is 0 Å². The minimum absolute atomic E-state index is 0.284. The minimum atomic E-state index is -1.08. The van der Waals surface area contributed by atoms with Crippen LogP contribution in [-0.2, 0) is 9.59 Å². The van der Waals surface area contributed by atoms with Gasteiger partial charge in [0.1, 0.15) is 11.1 Å². The molecular weight excluding hydrogens is 380 g/mol. The Morgan fingerprint density at radius 1 is 0.600 bits per heavy atom. The van der Waals surface area contributed by atoms with Crippen LogP contribution in [0.1, 0.15) is 118 Å². The molecule has 0 aromatic carbocycles. The lowest BCUT2D eigenvalue weighted by atomic mass is 9.85. The largest absolute Gasteiger partial charge is 0.480 e. The molecule has 0 aliphatic heterocycles. The molecule has 0 saturated carbocycles. The maximum Gasteiger partial charge on any atom is 0.323 e. The second-order valence-corrected chi connectivity index (χ2v) is 10.2. The predicted molar refractivity (Wildman–Crippen MR) is 123 cm³/mol. The molecule has 0 amide bonds. The van der Waals surface area contributed by atoms with Gasteiger partial charge in [-0.1, -0.05) is 91.9 Å². The summed E-state index contributed by atoms with van der Waals surface area (Å²) in [6.07, 6.45) is 13.0. The lowest BCUT2D eigenvalue weighted by molar-refractivity contribution is -0.145. The fourth-order valence-electron chi connectivity index (χ4n) is 4.34. The molecular formula is C24H48N2O4. The van der Waals surface area contributed by atoms with Gasteiger partial charge in [0.05, 0.1) is 0 Å². The van der Waals surface area contributed by atoms with Crippen molar-refractivity contribution < 1.29 is 19.8 Å². The summed E-state index contributed by atoms with van der Waals surface area (Å²) in [6.45, 7) is 8.03. The number of carboxylic acids is 2.